The molecule has 1 aliphatic heterocycles. The summed E-state index contributed by atoms with van der Waals surface area (Å²) < 4.78 is 0. The molecular formula is C19H23N3O2S. The molecule has 1 aromatic carbocycles. The molecule has 1 aromatic heterocycles. The molecule has 1 fully saturated rings. The molecule has 3 rings (SSSR count). The molecule has 2 aromatic rings. The Bertz CT molecular complexity index is 682. The predicted octanol–water partition coefficient (Wildman–Crippen LogP) is 1.96. The summed E-state index contributed by atoms with van der Waals surface area (Å²) in [5.41, 5.74) is 1.02. The third-order valence-corrected chi connectivity index (χ3v) is 5.16. The first-order valence-electron chi connectivity index (χ1n) is 8.62. The van der Waals surface area contributed by atoms with E-state index < -0.39 is 6.04 Å². The van der Waals surface area contributed by atoms with E-state index in [0.29, 0.717) is 11.3 Å². The lowest BCUT2D eigenvalue weighted by molar-refractivity contribution is -0.123. The lowest BCUT2D eigenvalue weighted by Gasteiger charge is -2.26. The Morgan fingerprint density at radius 3 is 2.72 bits per heavy atom. The van der Waals surface area contributed by atoms with Gasteiger partial charge in [-0.15, -0.1) is 11.3 Å². The Morgan fingerprint density at radius 1 is 1.20 bits per heavy atom. The van der Waals surface area contributed by atoms with Gasteiger partial charge in [-0.2, -0.15) is 0 Å². The van der Waals surface area contributed by atoms with Crippen molar-refractivity contribution in [1.82, 2.24) is 16.0 Å². The van der Waals surface area contributed by atoms with Crippen molar-refractivity contribution in [2.75, 3.05) is 13.1 Å². The first kappa shape index (κ1) is 17.6. The normalized spacial score (nSPS) is 18.3. The van der Waals surface area contributed by atoms with Crippen molar-refractivity contribution < 1.29 is 9.59 Å². The van der Waals surface area contributed by atoms with E-state index in [-0.39, 0.29) is 17.9 Å². The number of piperidine rings is 1. The van der Waals surface area contributed by atoms with Crippen LogP contribution >= 0.6 is 11.3 Å². The summed E-state index contributed by atoms with van der Waals surface area (Å²) in [4.78, 5) is 25.8. The van der Waals surface area contributed by atoms with Crippen LogP contribution in [-0.4, -0.2) is 37.0 Å². The highest BCUT2D eigenvalue weighted by atomic mass is 32.1. The molecular weight excluding hydrogens is 334 g/mol. The Kier molecular flexibility index (Phi) is 6.19. The van der Waals surface area contributed by atoms with Crippen molar-refractivity contribution in [3.8, 4) is 0 Å². The van der Waals surface area contributed by atoms with Crippen molar-refractivity contribution in [3.63, 3.8) is 0 Å². The minimum atomic E-state index is -0.584. The van der Waals surface area contributed by atoms with Crippen LogP contribution in [-0.2, 0) is 11.2 Å². The average molecular weight is 357 g/mol. The van der Waals surface area contributed by atoms with Crippen LogP contribution in [0.5, 0.6) is 0 Å². The van der Waals surface area contributed by atoms with Crippen molar-refractivity contribution >= 4 is 23.2 Å². The predicted molar refractivity (Wildman–Crippen MR) is 99.8 cm³/mol. The highest BCUT2D eigenvalue weighted by Gasteiger charge is 2.25. The molecule has 2 atom stereocenters. The Morgan fingerprint density at radius 2 is 2.04 bits per heavy atom. The van der Waals surface area contributed by atoms with Crippen LogP contribution < -0.4 is 16.0 Å². The van der Waals surface area contributed by atoms with Crippen molar-refractivity contribution in [2.45, 2.75) is 31.3 Å². The summed E-state index contributed by atoms with van der Waals surface area (Å²) in [6.07, 6.45) is 2.50. The van der Waals surface area contributed by atoms with Gasteiger partial charge in [0.15, 0.2) is 0 Å². The van der Waals surface area contributed by atoms with Gasteiger partial charge in [0, 0.05) is 19.0 Å². The molecule has 132 valence electrons. The highest BCUT2D eigenvalue weighted by molar-refractivity contribution is 7.12. The van der Waals surface area contributed by atoms with Crippen molar-refractivity contribution in [3.05, 3.63) is 58.3 Å². The molecule has 6 heteroatoms. The molecule has 2 amide bonds. The number of rotatable bonds is 6. The maximum Gasteiger partial charge on any atom is 0.262 e. The minimum Gasteiger partial charge on any atom is -0.350 e. The molecule has 2 unspecified atom stereocenters. The number of thiophene rings is 1. The average Bonchev–Trinajstić information content (AvgIpc) is 3.18. The van der Waals surface area contributed by atoms with Gasteiger partial charge in [0.25, 0.3) is 5.91 Å². The third-order valence-electron chi connectivity index (χ3n) is 4.29. The van der Waals surface area contributed by atoms with Gasteiger partial charge < -0.3 is 16.0 Å². The van der Waals surface area contributed by atoms with Crippen LogP contribution in [0.3, 0.4) is 0 Å². The number of hydrogen-bond donors (Lipinski definition) is 3. The van der Waals surface area contributed by atoms with E-state index in [1.807, 2.05) is 41.8 Å². The molecule has 3 N–H and O–H groups in total. The van der Waals surface area contributed by atoms with Crippen LogP contribution in [0, 0.1) is 0 Å². The maximum absolute atomic E-state index is 12.8. The van der Waals surface area contributed by atoms with E-state index in [1.165, 1.54) is 11.3 Å². The summed E-state index contributed by atoms with van der Waals surface area (Å²) in [7, 11) is 0. The largest absolute Gasteiger partial charge is 0.350 e. The number of carbonyl (C=O) groups is 2. The van der Waals surface area contributed by atoms with E-state index in [4.69, 9.17) is 0 Å². The second-order valence-electron chi connectivity index (χ2n) is 6.24. The summed E-state index contributed by atoms with van der Waals surface area (Å²) in [6.45, 7) is 1.78. The first-order valence-corrected chi connectivity index (χ1v) is 9.50. The number of carbonyl (C=O) groups excluding carboxylic acids is 2. The number of nitrogens with one attached hydrogen (secondary N) is 3. The summed E-state index contributed by atoms with van der Waals surface area (Å²) >= 11 is 1.37. The van der Waals surface area contributed by atoms with E-state index in [0.717, 1.165) is 31.5 Å². The summed E-state index contributed by atoms with van der Waals surface area (Å²) in [5, 5.41) is 11.1. The topological polar surface area (TPSA) is 70.2 Å². The van der Waals surface area contributed by atoms with Gasteiger partial charge in [0.1, 0.15) is 6.04 Å². The van der Waals surface area contributed by atoms with Crippen LogP contribution in [0.2, 0.25) is 0 Å². The molecule has 25 heavy (non-hydrogen) atoms. The van der Waals surface area contributed by atoms with Crippen molar-refractivity contribution in [2.24, 2.45) is 0 Å². The second kappa shape index (κ2) is 8.78. The first-order chi connectivity index (χ1) is 12.2. The number of hydrogen-bond acceptors (Lipinski definition) is 4. The van der Waals surface area contributed by atoms with Crippen LogP contribution in [0.4, 0.5) is 0 Å². The molecule has 0 bridgehead atoms. The molecule has 5 nitrogen and oxygen atoms in total. The molecule has 0 spiro atoms. The molecule has 0 radical (unpaired) electrons. The Hall–Kier alpha value is -2.18. The van der Waals surface area contributed by atoms with Gasteiger partial charge in [-0.3, -0.25) is 9.59 Å². The Labute approximate surface area is 151 Å². The van der Waals surface area contributed by atoms with Crippen molar-refractivity contribution in [1.29, 1.82) is 0 Å². The second-order valence-corrected chi connectivity index (χ2v) is 7.19. The van der Waals surface area contributed by atoms with Gasteiger partial charge >= 0.3 is 0 Å². The smallest absolute Gasteiger partial charge is 0.262 e. The van der Waals surface area contributed by atoms with Crippen LogP contribution in [0.1, 0.15) is 28.1 Å². The van der Waals surface area contributed by atoms with E-state index in [1.54, 1.807) is 6.07 Å². The minimum absolute atomic E-state index is 0.123. The molecule has 1 saturated heterocycles. The third kappa shape index (κ3) is 5.14. The van der Waals surface area contributed by atoms with Crippen LogP contribution in [0.25, 0.3) is 0 Å². The lowest BCUT2D eigenvalue weighted by Crippen LogP contribution is -2.53. The fourth-order valence-corrected chi connectivity index (χ4v) is 3.60. The van der Waals surface area contributed by atoms with Gasteiger partial charge in [-0.25, -0.2) is 0 Å². The fourth-order valence-electron chi connectivity index (χ4n) is 2.97. The van der Waals surface area contributed by atoms with Gasteiger partial charge in [0.2, 0.25) is 5.91 Å². The monoisotopic (exact) mass is 357 g/mol. The fraction of sp³-hybridized carbons (Fsp3) is 0.368. The zero-order chi connectivity index (χ0) is 17.5. The molecule has 0 aliphatic carbocycles. The van der Waals surface area contributed by atoms with E-state index in [9.17, 15) is 9.59 Å². The van der Waals surface area contributed by atoms with Gasteiger partial charge in [-0.05, 0) is 36.4 Å². The van der Waals surface area contributed by atoms with Gasteiger partial charge in [0.05, 0.1) is 4.88 Å². The van der Waals surface area contributed by atoms with E-state index in [2.05, 4.69) is 16.0 Å². The number of benzene rings is 1. The molecule has 0 saturated carbocycles. The number of amides is 2. The quantitative estimate of drug-likeness (QED) is 0.740. The zero-order valence-corrected chi connectivity index (χ0v) is 14.9. The van der Waals surface area contributed by atoms with E-state index >= 15 is 0 Å². The lowest BCUT2D eigenvalue weighted by atomic mass is 10.0. The molecule has 2 heterocycles. The zero-order valence-electron chi connectivity index (χ0n) is 14.0. The Balaban J connectivity index is 1.68. The standard InChI is InChI=1S/C19H23N3O2S/c23-18(21-15-8-4-10-20-13-15)16(12-14-6-2-1-3-7-14)22-19(24)17-9-5-11-25-17/h1-3,5-7,9,11,15-16,20H,4,8,10,12-13H2,(H,21,23)(H,22,24). The SMILES string of the molecule is O=C(NC(Cc1ccccc1)C(=O)NC1CCCNC1)c1cccs1. The molecule has 1 aliphatic rings. The highest BCUT2D eigenvalue weighted by Crippen LogP contribution is 2.10. The van der Waals surface area contributed by atoms with Gasteiger partial charge in [-0.1, -0.05) is 36.4 Å². The summed E-state index contributed by atoms with van der Waals surface area (Å²) in [6, 6.07) is 12.9. The van der Waals surface area contributed by atoms with Crippen LogP contribution in [0.15, 0.2) is 47.8 Å². The summed E-state index contributed by atoms with van der Waals surface area (Å²) in [5.74, 6) is -0.324. The maximum atomic E-state index is 12.8.